The summed E-state index contributed by atoms with van der Waals surface area (Å²) in [5.41, 5.74) is 2.87. The summed E-state index contributed by atoms with van der Waals surface area (Å²) in [5.74, 6) is 1.74. The van der Waals surface area contributed by atoms with Crippen LogP contribution in [0.5, 0.6) is 17.5 Å². The number of fused-ring (bicyclic) bond motifs is 6. The van der Waals surface area contributed by atoms with E-state index >= 15 is 0 Å². The SMILES string of the molecule is Oc1cc(Cl)c(C2CC2)c(-c2cc3nc(OC[C@@]45CCCN4C[C@H](F)C5)nc4c3c(c2Cl)OCC2C3CCC(CN42)N3)c1. The largest absolute Gasteiger partial charge is 0.508 e. The van der Waals surface area contributed by atoms with Crippen molar-refractivity contribution in [3.8, 4) is 28.6 Å². The fraction of sp³-hybridized carbons (Fsp3) is 0.562. The number of nitrogens with one attached hydrogen (secondary N) is 1. The maximum Gasteiger partial charge on any atom is 0.319 e. The van der Waals surface area contributed by atoms with Crippen molar-refractivity contribution in [2.45, 2.75) is 80.7 Å². The van der Waals surface area contributed by atoms with Gasteiger partial charge < -0.3 is 24.8 Å². The monoisotopic (exact) mass is 625 g/mol. The lowest BCUT2D eigenvalue weighted by Gasteiger charge is -2.40. The minimum atomic E-state index is -0.831. The summed E-state index contributed by atoms with van der Waals surface area (Å²) >= 11 is 13.9. The molecule has 6 heterocycles. The van der Waals surface area contributed by atoms with Gasteiger partial charge in [0.25, 0.3) is 0 Å². The van der Waals surface area contributed by atoms with Gasteiger partial charge in [-0.2, -0.15) is 9.97 Å². The van der Waals surface area contributed by atoms with Crippen LogP contribution in [0.25, 0.3) is 22.0 Å². The molecular weight excluding hydrogens is 592 g/mol. The first-order valence-corrected chi connectivity index (χ1v) is 16.4. The zero-order valence-corrected chi connectivity index (χ0v) is 25.3. The first-order chi connectivity index (χ1) is 20.9. The van der Waals surface area contributed by atoms with Gasteiger partial charge in [-0.25, -0.2) is 4.39 Å². The molecule has 8 nitrogen and oxygen atoms in total. The Morgan fingerprint density at radius 2 is 2.00 bits per heavy atom. The molecule has 1 aromatic heterocycles. The van der Waals surface area contributed by atoms with Gasteiger partial charge >= 0.3 is 6.01 Å². The number of hydrogen-bond acceptors (Lipinski definition) is 8. The number of nitrogens with zero attached hydrogens (tertiary/aromatic N) is 4. The summed E-state index contributed by atoms with van der Waals surface area (Å²) in [7, 11) is 0. The van der Waals surface area contributed by atoms with E-state index in [1.54, 1.807) is 12.1 Å². The topological polar surface area (TPSA) is 83.0 Å². The molecule has 1 aliphatic carbocycles. The second kappa shape index (κ2) is 9.70. The van der Waals surface area contributed by atoms with Crippen molar-refractivity contribution < 1.29 is 19.0 Å². The van der Waals surface area contributed by atoms with Gasteiger partial charge in [0.05, 0.1) is 27.5 Å². The molecule has 5 atom stereocenters. The second-order valence-electron chi connectivity index (χ2n) is 13.4. The highest BCUT2D eigenvalue weighted by atomic mass is 35.5. The van der Waals surface area contributed by atoms with Crippen molar-refractivity contribution in [1.82, 2.24) is 20.2 Å². The van der Waals surface area contributed by atoms with E-state index in [9.17, 15) is 9.50 Å². The maximum absolute atomic E-state index is 14.5. The summed E-state index contributed by atoms with van der Waals surface area (Å²) in [6.07, 6.45) is 5.89. The van der Waals surface area contributed by atoms with Crippen LogP contribution >= 0.6 is 23.2 Å². The molecule has 9 rings (SSSR count). The van der Waals surface area contributed by atoms with Crippen LogP contribution in [-0.4, -0.2) is 82.7 Å². The van der Waals surface area contributed by atoms with Crippen molar-refractivity contribution in [2.75, 3.05) is 37.7 Å². The van der Waals surface area contributed by atoms with E-state index in [4.69, 9.17) is 42.6 Å². The lowest BCUT2D eigenvalue weighted by Crippen LogP contribution is -2.60. The van der Waals surface area contributed by atoms with Gasteiger partial charge in [0.1, 0.15) is 31.0 Å². The number of alkyl halides is 1. The minimum absolute atomic E-state index is 0.0832. The highest BCUT2D eigenvalue weighted by Crippen LogP contribution is 2.53. The number of phenolic OH excluding ortho intramolecular Hbond substituents is 1. The molecule has 4 saturated heterocycles. The molecule has 2 aromatic carbocycles. The molecule has 3 unspecified atom stereocenters. The predicted octanol–water partition coefficient (Wildman–Crippen LogP) is 5.84. The Hall–Kier alpha value is -2.59. The summed E-state index contributed by atoms with van der Waals surface area (Å²) in [6, 6.07) is 6.34. The smallest absolute Gasteiger partial charge is 0.319 e. The highest BCUT2D eigenvalue weighted by molar-refractivity contribution is 6.37. The van der Waals surface area contributed by atoms with E-state index in [-0.39, 0.29) is 29.4 Å². The normalized spacial score (nSPS) is 31.2. The zero-order valence-electron chi connectivity index (χ0n) is 23.8. The quantitative estimate of drug-likeness (QED) is 0.366. The van der Waals surface area contributed by atoms with Crippen LogP contribution in [0.1, 0.15) is 56.4 Å². The molecule has 0 amide bonds. The van der Waals surface area contributed by atoms with Crippen LogP contribution in [0.2, 0.25) is 10.0 Å². The second-order valence-corrected chi connectivity index (χ2v) is 14.2. The maximum atomic E-state index is 14.5. The number of rotatable bonds is 5. The minimum Gasteiger partial charge on any atom is -0.508 e. The van der Waals surface area contributed by atoms with Crippen LogP contribution in [0.3, 0.4) is 0 Å². The summed E-state index contributed by atoms with van der Waals surface area (Å²) < 4.78 is 27.5. The lowest BCUT2D eigenvalue weighted by molar-refractivity contribution is 0.107. The molecule has 5 fully saturated rings. The molecule has 2 bridgehead atoms. The first kappa shape index (κ1) is 26.8. The van der Waals surface area contributed by atoms with E-state index in [1.165, 1.54) is 0 Å². The standard InChI is InChI=1S/C32H34Cl2FN5O3/c33-22-9-19(41)8-20(26(22)16-2-3-16)21-10-24-27-29(28(21)34)42-14-25-23-5-4-18(36-23)13-40(25)30(27)38-31(37-24)43-15-32-6-1-7-39(32)12-17(35)11-32/h8-10,16-18,23,25,36,41H,1-7,11-15H2/t17-,18?,23?,25?,32+/m1/s1. The third kappa shape index (κ3) is 4.21. The summed E-state index contributed by atoms with van der Waals surface area (Å²) in [5, 5.41) is 16.1. The van der Waals surface area contributed by atoms with Crippen LogP contribution in [0.15, 0.2) is 18.2 Å². The lowest BCUT2D eigenvalue weighted by atomic mass is 9.94. The van der Waals surface area contributed by atoms with Gasteiger partial charge in [0.15, 0.2) is 5.75 Å². The van der Waals surface area contributed by atoms with Crippen molar-refractivity contribution in [2.24, 2.45) is 0 Å². The average Bonchev–Trinajstić information content (AvgIpc) is 3.56. The molecular formula is C32H34Cl2FN5O3. The highest BCUT2D eigenvalue weighted by Gasteiger charge is 2.50. The number of ether oxygens (including phenoxy) is 2. The zero-order chi connectivity index (χ0) is 29.0. The van der Waals surface area contributed by atoms with Gasteiger partial charge in [-0.3, -0.25) is 4.90 Å². The predicted molar refractivity (Wildman–Crippen MR) is 164 cm³/mol. The van der Waals surface area contributed by atoms with Crippen LogP contribution < -0.4 is 19.7 Å². The third-order valence-corrected chi connectivity index (χ3v) is 11.4. The number of piperazine rings is 1. The fourth-order valence-electron chi connectivity index (χ4n) is 8.57. The molecule has 11 heteroatoms. The number of halogens is 3. The average molecular weight is 627 g/mol. The number of aromatic nitrogens is 2. The first-order valence-electron chi connectivity index (χ1n) is 15.6. The third-order valence-electron chi connectivity index (χ3n) is 10.7. The van der Waals surface area contributed by atoms with E-state index in [1.807, 2.05) is 6.07 Å². The molecule has 226 valence electrons. The molecule has 5 aliphatic heterocycles. The Kier molecular flexibility index (Phi) is 6.04. The van der Waals surface area contributed by atoms with Gasteiger partial charge in [0.2, 0.25) is 0 Å². The van der Waals surface area contributed by atoms with Gasteiger partial charge in [-0.15, -0.1) is 0 Å². The molecule has 0 spiro atoms. The molecule has 6 aliphatic rings. The van der Waals surface area contributed by atoms with Gasteiger partial charge in [-0.1, -0.05) is 23.2 Å². The van der Waals surface area contributed by atoms with Crippen molar-refractivity contribution in [3.05, 3.63) is 33.8 Å². The van der Waals surface area contributed by atoms with Gasteiger partial charge in [-0.05, 0) is 80.3 Å². The molecule has 0 radical (unpaired) electrons. The van der Waals surface area contributed by atoms with E-state index in [0.29, 0.717) is 59.5 Å². The summed E-state index contributed by atoms with van der Waals surface area (Å²) in [4.78, 5) is 14.6. The number of aromatic hydroxyl groups is 1. The van der Waals surface area contributed by atoms with Crippen molar-refractivity contribution in [3.63, 3.8) is 0 Å². The van der Waals surface area contributed by atoms with Gasteiger partial charge in [0, 0.05) is 42.2 Å². The van der Waals surface area contributed by atoms with Crippen molar-refractivity contribution >= 4 is 39.9 Å². The van der Waals surface area contributed by atoms with E-state index in [2.05, 4.69) is 15.1 Å². The molecule has 2 N–H and O–H groups in total. The van der Waals surface area contributed by atoms with E-state index in [0.717, 1.165) is 79.5 Å². The number of anilines is 1. The number of phenols is 1. The van der Waals surface area contributed by atoms with E-state index < -0.39 is 6.17 Å². The van der Waals surface area contributed by atoms with Crippen LogP contribution in [0.4, 0.5) is 10.2 Å². The molecule has 3 aromatic rings. The summed E-state index contributed by atoms with van der Waals surface area (Å²) in [6.45, 7) is 2.99. The fourth-order valence-corrected chi connectivity index (χ4v) is 9.24. The Balaban J connectivity index is 1.21. The Labute approximate surface area is 259 Å². The molecule has 43 heavy (non-hydrogen) atoms. The van der Waals surface area contributed by atoms with Crippen LogP contribution in [-0.2, 0) is 0 Å². The Morgan fingerprint density at radius 3 is 2.86 bits per heavy atom. The Bertz CT molecular complexity index is 1660. The number of hydrogen-bond donors (Lipinski definition) is 2. The van der Waals surface area contributed by atoms with Crippen molar-refractivity contribution in [1.29, 1.82) is 0 Å². The van der Waals surface area contributed by atoms with Crippen LogP contribution in [0, 0.1) is 0 Å². The Morgan fingerprint density at radius 1 is 1.12 bits per heavy atom. The molecule has 1 saturated carbocycles. The number of benzene rings is 2.